The van der Waals surface area contributed by atoms with Gasteiger partial charge in [0.1, 0.15) is 0 Å². The zero-order valence-electron chi connectivity index (χ0n) is 11.9. The standard InChI is InChI=1S/C16H18Br2N2S/c1-10-12-5-7-21-16(12)4-6-20(10)15(9-19)11-2-3-13(17)14(18)8-11/h2-3,5,7-8,10,15H,4,6,9,19H2,1H3. The van der Waals surface area contributed by atoms with E-state index >= 15 is 0 Å². The summed E-state index contributed by atoms with van der Waals surface area (Å²) in [7, 11) is 0. The van der Waals surface area contributed by atoms with Crippen LogP contribution in [0.5, 0.6) is 0 Å². The normalized spacial score (nSPS) is 20.3. The second kappa shape index (κ2) is 6.50. The van der Waals surface area contributed by atoms with Gasteiger partial charge < -0.3 is 5.73 Å². The predicted molar refractivity (Wildman–Crippen MR) is 96.8 cm³/mol. The third-order valence-electron chi connectivity index (χ3n) is 4.28. The molecule has 5 heteroatoms. The molecule has 0 fully saturated rings. The van der Waals surface area contributed by atoms with E-state index in [4.69, 9.17) is 5.73 Å². The van der Waals surface area contributed by atoms with Crippen LogP contribution in [0.25, 0.3) is 0 Å². The van der Waals surface area contributed by atoms with E-state index < -0.39 is 0 Å². The fourth-order valence-corrected chi connectivity index (χ4v) is 4.74. The lowest BCUT2D eigenvalue weighted by Crippen LogP contribution is -2.39. The third kappa shape index (κ3) is 2.99. The smallest absolute Gasteiger partial charge is 0.0477 e. The van der Waals surface area contributed by atoms with Crippen LogP contribution in [0.2, 0.25) is 0 Å². The summed E-state index contributed by atoms with van der Waals surface area (Å²) < 4.78 is 2.16. The van der Waals surface area contributed by atoms with Crippen molar-refractivity contribution in [2.24, 2.45) is 5.73 Å². The third-order valence-corrected chi connectivity index (χ3v) is 7.15. The van der Waals surface area contributed by atoms with Crippen molar-refractivity contribution in [3.63, 3.8) is 0 Å². The molecule has 0 radical (unpaired) electrons. The average molecular weight is 430 g/mol. The van der Waals surface area contributed by atoms with Crippen LogP contribution in [0.1, 0.15) is 35.0 Å². The highest BCUT2D eigenvalue weighted by atomic mass is 79.9. The average Bonchev–Trinajstić information content (AvgIpc) is 2.95. The molecule has 2 N–H and O–H groups in total. The maximum absolute atomic E-state index is 6.12. The molecule has 2 nitrogen and oxygen atoms in total. The van der Waals surface area contributed by atoms with Gasteiger partial charge in [-0.15, -0.1) is 11.3 Å². The molecule has 2 atom stereocenters. The van der Waals surface area contributed by atoms with Gasteiger partial charge in [-0.25, -0.2) is 0 Å². The van der Waals surface area contributed by atoms with Crippen LogP contribution in [0, 0.1) is 0 Å². The van der Waals surface area contributed by atoms with Crippen molar-refractivity contribution < 1.29 is 0 Å². The van der Waals surface area contributed by atoms with Crippen molar-refractivity contribution in [3.05, 3.63) is 54.6 Å². The highest BCUT2D eigenvalue weighted by Crippen LogP contribution is 2.38. The van der Waals surface area contributed by atoms with E-state index in [1.165, 1.54) is 16.0 Å². The molecular formula is C16H18Br2N2S. The Labute approximate surface area is 146 Å². The van der Waals surface area contributed by atoms with Crippen LogP contribution in [0.3, 0.4) is 0 Å². The molecule has 21 heavy (non-hydrogen) atoms. The Morgan fingerprint density at radius 2 is 2.14 bits per heavy atom. The summed E-state index contributed by atoms with van der Waals surface area (Å²) in [5.41, 5.74) is 8.86. The lowest BCUT2D eigenvalue weighted by Gasteiger charge is -2.39. The molecule has 2 heterocycles. The summed E-state index contributed by atoms with van der Waals surface area (Å²) in [5, 5.41) is 2.21. The number of hydrogen-bond donors (Lipinski definition) is 1. The number of rotatable bonds is 3. The van der Waals surface area contributed by atoms with Crippen LogP contribution in [0.4, 0.5) is 0 Å². The van der Waals surface area contributed by atoms with E-state index in [0.29, 0.717) is 12.6 Å². The van der Waals surface area contributed by atoms with E-state index in [2.05, 4.69) is 73.3 Å². The molecule has 0 amide bonds. The second-order valence-corrected chi connectivity index (χ2v) is 8.10. The minimum atomic E-state index is 0.262. The first-order valence-corrected chi connectivity index (χ1v) is 9.55. The summed E-state index contributed by atoms with van der Waals surface area (Å²) >= 11 is 9.01. The van der Waals surface area contributed by atoms with Gasteiger partial charge in [0.05, 0.1) is 0 Å². The van der Waals surface area contributed by atoms with Crippen molar-refractivity contribution in [3.8, 4) is 0 Å². The predicted octanol–water partition coefficient (Wildman–Crippen LogP) is 4.89. The van der Waals surface area contributed by atoms with E-state index in [0.717, 1.165) is 21.9 Å². The number of fused-ring (bicyclic) bond motifs is 1. The van der Waals surface area contributed by atoms with Crippen molar-refractivity contribution in [2.75, 3.05) is 13.1 Å². The summed E-state index contributed by atoms with van der Waals surface area (Å²) in [6, 6.07) is 9.39. The molecule has 112 valence electrons. The van der Waals surface area contributed by atoms with Crippen LogP contribution < -0.4 is 5.73 Å². The van der Waals surface area contributed by atoms with Gasteiger partial charge in [-0.3, -0.25) is 4.90 Å². The van der Waals surface area contributed by atoms with Crippen LogP contribution in [0.15, 0.2) is 38.6 Å². The van der Waals surface area contributed by atoms with Gasteiger partial charge in [0.2, 0.25) is 0 Å². The minimum Gasteiger partial charge on any atom is -0.329 e. The molecule has 0 bridgehead atoms. The molecule has 1 aliphatic heterocycles. The summed E-state index contributed by atoms with van der Waals surface area (Å²) in [6.07, 6.45) is 1.13. The Bertz CT molecular complexity index is 641. The van der Waals surface area contributed by atoms with Crippen LogP contribution in [-0.4, -0.2) is 18.0 Å². The Kier molecular flexibility index (Phi) is 4.86. The van der Waals surface area contributed by atoms with Crippen LogP contribution >= 0.6 is 43.2 Å². The fourth-order valence-electron chi connectivity index (χ4n) is 3.14. The van der Waals surface area contributed by atoms with Gasteiger partial charge in [-0.2, -0.15) is 0 Å². The maximum Gasteiger partial charge on any atom is 0.0477 e. The summed E-state index contributed by atoms with van der Waals surface area (Å²) in [6.45, 7) is 4.00. The van der Waals surface area contributed by atoms with Crippen molar-refractivity contribution in [2.45, 2.75) is 25.4 Å². The fraction of sp³-hybridized carbons (Fsp3) is 0.375. The van der Waals surface area contributed by atoms with E-state index in [9.17, 15) is 0 Å². The lowest BCUT2D eigenvalue weighted by molar-refractivity contribution is 0.138. The van der Waals surface area contributed by atoms with Gasteiger partial charge in [0.25, 0.3) is 0 Å². The zero-order chi connectivity index (χ0) is 15.0. The second-order valence-electron chi connectivity index (χ2n) is 5.39. The summed E-state index contributed by atoms with van der Waals surface area (Å²) in [4.78, 5) is 4.07. The Morgan fingerprint density at radius 1 is 1.33 bits per heavy atom. The van der Waals surface area contributed by atoms with Crippen molar-refractivity contribution >= 4 is 43.2 Å². The Hall–Kier alpha value is -0.200. The Balaban J connectivity index is 1.92. The monoisotopic (exact) mass is 428 g/mol. The number of benzene rings is 1. The van der Waals surface area contributed by atoms with Gasteiger partial charge in [-0.05, 0) is 79.9 Å². The molecule has 1 aromatic carbocycles. The number of nitrogens with two attached hydrogens (primary N) is 1. The van der Waals surface area contributed by atoms with E-state index in [1.54, 1.807) is 0 Å². The molecule has 2 unspecified atom stereocenters. The van der Waals surface area contributed by atoms with Gasteiger partial charge in [0.15, 0.2) is 0 Å². The topological polar surface area (TPSA) is 29.3 Å². The SMILES string of the molecule is CC1c2ccsc2CCN1C(CN)c1ccc(Br)c(Br)c1. The molecule has 1 aliphatic rings. The van der Waals surface area contributed by atoms with Gasteiger partial charge >= 0.3 is 0 Å². The largest absolute Gasteiger partial charge is 0.329 e. The van der Waals surface area contributed by atoms with Crippen molar-refractivity contribution in [1.82, 2.24) is 4.90 Å². The highest BCUT2D eigenvalue weighted by molar-refractivity contribution is 9.13. The first-order valence-electron chi connectivity index (χ1n) is 7.09. The minimum absolute atomic E-state index is 0.262. The first-order chi connectivity index (χ1) is 10.1. The molecule has 0 saturated carbocycles. The molecule has 1 aromatic heterocycles. The lowest BCUT2D eigenvalue weighted by atomic mass is 9.96. The number of nitrogens with zero attached hydrogens (tertiary/aromatic N) is 1. The first kappa shape index (κ1) is 15.7. The maximum atomic E-state index is 6.12. The quantitative estimate of drug-likeness (QED) is 0.752. The van der Waals surface area contributed by atoms with Gasteiger partial charge in [0, 0.05) is 39.0 Å². The number of halogens is 2. The molecule has 0 spiro atoms. The van der Waals surface area contributed by atoms with E-state index in [-0.39, 0.29) is 6.04 Å². The molecular weight excluding hydrogens is 412 g/mol. The molecule has 2 aromatic rings. The number of hydrogen-bond acceptors (Lipinski definition) is 3. The highest BCUT2D eigenvalue weighted by Gasteiger charge is 2.30. The van der Waals surface area contributed by atoms with Gasteiger partial charge in [-0.1, -0.05) is 6.07 Å². The Morgan fingerprint density at radius 3 is 2.86 bits per heavy atom. The summed E-state index contributed by atoms with van der Waals surface area (Å²) in [5.74, 6) is 0. The van der Waals surface area contributed by atoms with Crippen molar-refractivity contribution in [1.29, 1.82) is 0 Å². The number of thiophene rings is 1. The molecule has 0 aliphatic carbocycles. The van der Waals surface area contributed by atoms with E-state index in [1.807, 2.05) is 11.3 Å². The molecule has 0 saturated heterocycles. The molecule has 3 rings (SSSR count). The zero-order valence-corrected chi connectivity index (χ0v) is 15.8. The van der Waals surface area contributed by atoms with Crippen LogP contribution in [-0.2, 0) is 6.42 Å².